The maximum absolute atomic E-state index is 12.6. The summed E-state index contributed by atoms with van der Waals surface area (Å²) in [4.78, 5) is -0.576. The molecule has 1 fully saturated rings. The molecule has 0 saturated heterocycles. The second kappa shape index (κ2) is 6.19. The minimum Gasteiger partial charge on any atom is -0.274 e. The highest BCUT2D eigenvalue weighted by Crippen LogP contribution is 2.29. The van der Waals surface area contributed by atoms with E-state index >= 15 is 0 Å². The van der Waals surface area contributed by atoms with E-state index in [1.807, 2.05) is 0 Å². The first-order valence-electron chi connectivity index (χ1n) is 7.39. The summed E-state index contributed by atoms with van der Waals surface area (Å²) in [5.41, 5.74) is 0. The third-order valence-corrected chi connectivity index (χ3v) is 6.66. The fourth-order valence-electron chi connectivity index (χ4n) is 2.18. The highest BCUT2D eigenvalue weighted by molar-refractivity contribution is 7.94. The molecule has 1 aromatic heterocycles. The quantitative estimate of drug-likeness (QED) is 0.753. The smallest absolute Gasteiger partial charge is 0.264 e. The van der Waals surface area contributed by atoms with Crippen LogP contribution in [-0.4, -0.2) is 33.2 Å². The van der Waals surface area contributed by atoms with Gasteiger partial charge in [-0.2, -0.15) is 5.10 Å². The first kappa shape index (κ1) is 16.9. The zero-order chi connectivity index (χ0) is 17.4. The Kier molecular flexibility index (Phi) is 4.37. The summed E-state index contributed by atoms with van der Waals surface area (Å²) in [6, 6.07) is 7.00. The summed E-state index contributed by atoms with van der Waals surface area (Å²) in [5.74, 6) is 0.464. The molecule has 0 amide bonds. The Balaban J connectivity index is 1.92. The van der Waals surface area contributed by atoms with Gasteiger partial charge in [-0.3, -0.25) is 9.40 Å². The van der Waals surface area contributed by atoms with Crippen LogP contribution in [0.5, 0.6) is 0 Å². The van der Waals surface area contributed by atoms with Crippen molar-refractivity contribution in [3.8, 4) is 0 Å². The molecular weight excluding hydrogens is 352 g/mol. The van der Waals surface area contributed by atoms with E-state index < -0.39 is 20.0 Å². The molecule has 1 saturated carbocycles. The summed E-state index contributed by atoms with van der Waals surface area (Å²) in [5, 5.41) is 3.94. The van der Waals surface area contributed by atoms with Crippen molar-refractivity contribution in [1.29, 1.82) is 0 Å². The predicted octanol–water partition coefficient (Wildman–Crippen LogP) is 0.909. The van der Waals surface area contributed by atoms with Crippen LogP contribution in [0, 0.1) is 5.92 Å². The third-order valence-electron chi connectivity index (χ3n) is 3.64. The van der Waals surface area contributed by atoms with Gasteiger partial charge in [0, 0.05) is 25.9 Å². The molecule has 1 aliphatic carbocycles. The lowest BCUT2D eigenvalue weighted by Gasteiger charge is -2.12. The van der Waals surface area contributed by atoms with Crippen LogP contribution in [0.3, 0.4) is 0 Å². The Morgan fingerprint density at radius 1 is 1.08 bits per heavy atom. The van der Waals surface area contributed by atoms with E-state index in [9.17, 15) is 16.8 Å². The lowest BCUT2D eigenvalue weighted by atomic mass is 10.4. The molecule has 2 N–H and O–H groups in total. The lowest BCUT2D eigenvalue weighted by Crippen LogP contribution is -2.28. The van der Waals surface area contributed by atoms with Crippen LogP contribution in [0.15, 0.2) is 46.3 Å². The summed E-state index contributed by atoms with van der Waals surface area (Å²) < 4.78 is 56.3. The fraction of sp³-hybridized carbons (Fsp3) is 0.357. The molecule has 3 rings (SSSR count). The van der Waals surface area contributed by atoms with E-state index in [1.54, 1.807) is 13.2 Å². The van der Waals surface area contributed by atoms with Crippen LogP contribution < -0.4 is 9.44 Å². The van der Waals surface area contributed by atoms with Crippen molar-refractivity contribution >= 4 is 25.9 Å². The second-order valence-corrected chi connectivity index (χ2v) is 9.11. The number of hydrogen-bond acceptors (Lipinski definition) is 5. The van der Waals surface area contributed by atoms with E-state index in [1.165, 1.54) is 35.0 Å². The van der Waals surface area contributed by atoms with Crippen molar-refractivity contribution in [2.24, 2.45) is 13.0 Å². The number of benzene rings is 1. The molecular formula is C14H18N4O4S2. The normalized spacial score (nSPS) is 15.4. The van der Waals surface area contributed by atoms with Gasteiger partial charge in [0.2, 0.25) is 10.0 Å². The van der Waals surface area contributed by atoms with Gasteiger partial charge in [-0.1, -0.05) is 12.1 Å². The first-order chi connectivity index (χ1) is 11.3. The Hall–Kier alpha value is -1.91. The molecule has 0 aliphatic heterocycles. The van der Waals surface area contributed by atoms with Crippen LogP contribution in [0.2, 0.25) is 0 Å². The maximum Gasteiger partial charge on any atom is 0.264 e. The summed E-state index contributed by atoms with van der Waals surface area (Å²) in [7, 11) is -6.34. The van der Waals surface area contributed by atoms with Crippen molar-refractivity contribution in [3.63, 3.8) is 0 Å². The molecule has 0 atom stereocenters. The number of anilines is 1. The standard InChI is InChI=1S/C14H18N4O4S2/c1-18-9-8-14(16-18)17-24(21,22)13-5-3-2-4-12(13)23(19,20)15-10-11-6-7-11/h2-5,8-9,11,15H,6-7,10H2,1H3,(H,16,17). The van der Waals surface area contributed by atoms with Gasteiger partial charge in [-0.15, -0.1) is 0 Å². The number of aromatic nitrogens is 2. The molecule has 10 heteroatoms. The number of sulfonamides is 2. The van der Waals surface area contributed by atoms with Crippen molar-refractivity contribution in [2.75, 3.05) is 11.3 Å². The number of aryl methyl sites for hydroxylation is 1. The number of hydrogen-bond donors (Lipinski definition) is 2. The Morgan fingerprint density at radius 3 is 2.25 bits per heavy atom. The fourth-order valence-corrected chi connectivity index (χ4v) is 5.13. The van der Waals surface area contributed by atoms with Crippen molar-refractivity contribution in [3.05, 3.63) is 36.5 Å². The Morgan fingerprint density at radius 2 is 1.71 bits per heavy atom. The van der Waals surface area contributed by atoms with E-state index in [-0.39, 0.29) is 15.6 Å². The molecule has 0 radical (unpaired) electrons. The van der Waals surface area contributed by atoms with Gasteiger partial charge in [0.15, 0.2) is 5.82 Å². The third kappa shape index (κ3) is 3.77. The van der Waals surface area contributed by atoms with Crippen LogP contribution in [-0.2, 0) is 27.1 Å². The Bertz CT molecular complexity index is 947. The average Bonchev–Trinajstić information content (AvgIpc) is 3.28. The molecule has 1 aliphatic rings. The van der Waals surface area contributed by atoms with E-state index in [4.69, 9.17) is 0 Å². The zero-order valence-electron chi connectivity index (χ0n) is 13.0. The van der Waals surface area contributed by atoms with Crippen LogP contribution >= 0.6 is 0 Å². The van der Waals surface area contributed by atoms with Gasteiger partial charge in [0.25, 0.3) is 10.0 Å². The zero-order valence-corrected chi connectivity index (χ0v) is 14.6. The monoisotopic (exact) mass is 370 g/mol. The summed E-state index contributed by atoms with van der Waals surface area (Å²) in [6.07, 6.45) is 3.56. The molecule has 1 aromatic carbocycles. The number of rotatable bonds is 7. The molecule has 24 heavy (non-hydrogen) atoms. The highest BCUT2D eigenvalue weighted by Gasteiger charge is 2.29. The molecule has 130 valence electrons. The predicted molar refractivity (Wildman–Crippen MR) is 88.4 cm³/mol. The van der Waals surface area contributed by atoms with Gasteiger partial charge < -0.3 is 0 Å². The van der Waals surface area contributed by atoms with Gasteiger partial charge in [-0.05, 0) is 30.9 Å². The average molecular weight is 370 g/mol. The van der Waals surface area contributed by atoms with Gasteiger partial charge >= 0.3 is 0 Å². The van der Waals surface area contributed by atoms with Crippen molar-refractivity contribution < 1.29 is 16.8 Å². The van der Waals surface area contributed by atoms with Crippen LogP contribution in [0.25, 0.3) is 0 Å². The van der Waals surface area contributed by atoms with Crippen molar-refractivity contribution in [1.82, 2.24) is 14.5 Å². The van der Waals surface area contributed by atoms with Crippen LogP contribution in [0.1, 0.15) is 12.8 Å². The Labute approximate surface area is 141 Å². The van der Waals surface area contributed by atoms with Gasteiger partial charge in [0.1, 0.15) is 9.79 Å². The van der Waals surface area contributed by atoms with Gasteiger partial charge in [-0.25, -0.2) is 21.6 Å². The van der Waals surface area contributed by atoms with Gasteiger partial charge in [0.05, 0.1) is 0 Å². The van der Waals surface area contributed by atoms with Crippen molar-refractivity contribution in [2.45, 2.75) is 22.6 Å². The first-order valence-corrected chi connectivity index (χ1v) is 10.4. The molecule has 1 heterocycles. The largest absolute Gasteiger partial charge is 0.274 e. The van der Waals surface area contributed by atoms with Crippen LogP contribution in [0.4, 0.5) is 5.82 Å². The summed E-state index contributed by atoms with van der Waals surface area (Å²) >= 11 is 0. The maximum atomic E-state index is 12.6. The number of nitrogens with one attached hydrogen (secondary N) is 2. The molecule has 0 bridgehead atoms. The van der Waals surface area contributed by atoms with E-state index in [2.05, 4.69) is 14.5 Å². The minimum atomic E-state index is -4.08. The lowest BCUT2D eigenvalue weighted by molar-refractivity contribution is 0.570. The second-order valence-electron chi connectivity index (χ2n) is 5.72. The molecule has 2 aromatic rings. The summed E-state index contributed by atoms with van der Waals surface area (Å²) in [6.45, 7) is 0.324. The molecule has 0 unspecified atom stereocenters. The molecule has 0 spiro atoms. The SMILES string of the molecule is Cn1ccc(NS(=O)(=O)c2ccccc2S(=O)(=O)NCC2CC2)n1. The minimum absolute atomic E-state index is 0.121. The van der Waals surface area contributed by atoms with E-state index in [0.29, 0.717) is 12.5 Å². The highest BCUT2D eigenvalue weighted by atomic mass is 32.2. The van der Waals surface area contributed by atoms with E-state index in [0.717, 1.165) is 12.8 Å². The number of nitrogens with zero attached hydrogens (tertiary/aromatic N) is 2. The molecule has 8 nitrogen and oxygen atoms in total. The topological polar surface area (TPSA) is 110 Å².